The van der Waals surface area contributed by atoms with Crippen LogP contribution in [0.2, 0.25) is 15.5 Å². The monoisotopic (exact) mass is 1300 g/mol. The molecule has 0 spiro atoms. The van der Waals surface area contributed by atoms with Crippen LogP contribution in [0.4, 0.5) is 40.2 Å². The predicted molar refractivity (Wildman–Crippen MR) is 379 cm³/mol. The van der Waals surface area contributed by atoms with Crippen LogP contribution >= 0.6 is 34.8 Å². The first-order chi connectivity index (χ1) is 44.3. The van der Waals surface area contributed by atoms with E-state index in [0.717, 1.165) is 207 Å². The molecule has 0 aliphatic carbocycles. The third kappa shape index (κ3) is 18.0. The first-order valence-corrected chi connectivity index (χ1v) is 33.1. The van der Waals surface area contributed by atoms with E-state index < -0.39 is 0 Å². The minimum atomic E-state index is -0.203. The molecule has 0 atom stereocenters. The Labute approximate surface area is 556 Å². The Morgan fingerprint density at radius 3 is 1.16 bits per heavy atom. The van der Waals surface area contributed by atoms with Crippen molar-refractivity contribution in [1.82, 2.24) is 19.9 Å². The third-order valence-electron chi connectivity index (χ3n) is 17.8. The summed E-state index contributed by atoms with van der Waals surface area (Å²) in [5.41, 5.74) is 43.5. The Hall–Kier alpha value is -7.51. The fraction of sp³-hybridized carbons (Fsp3) is 0.370. The molecule has 92 heavy (non-hydrogen) atoms. The number of aliphatic hydroxyl groups excluding tert-OH is 3. The zero-order valence-electron chi connectivity index (χ0n) is 53.1. The normalized spacial score (nSPS) is 16.8. The summed E-state index contributed by atoms with van der Waals surface area (Å²) in [6, 6.07) is 39.9. The second kappa shape index (κ2) is 31.4. The Kier molecular flexibility index (Phi) is 23.0. The summed E-state index contributed by atoms with van der Waals surface area (Å²) in [6.07, 6.45) is 9.17. The number of hydrogen-bond acceptors (Lipinski definition) is 16. The van der Waals surface area contributed by atoms with Gasteiger partial charge in [0.1, 0.15) is 32.9 Å². The van der Waals surface area contributed by atoms with Crippen LogP contribution in [0.5, 0.6) is 0 Å². The lowest BCUT2D eigenvalue weighted by molar-refractivity contribution is 0.0845. The minimum Gasteiger partial charge on any atom is -0.399 e. The first-order valence-electron chi connectivity index (χ1n) is 31.9. The van der Waals surface area contributed by atoms with Gasteiger partial charge in [-0.25, -0.2) is 19.9 Å². The summed E-state index contributed by atoms with van der Waals surface area (Å²) in [5, 5.41) is 30.6. The SMILES string of the molecule is Cc1ccc(N)cc1-c1cc(C2=CCOCC2)nc(N2CCC(O)CC2)c1.Cc1ccc(N)cc1-c1cc(C2CCOCC2)nc(N2CCC(O)CC2)c1.Cc1ccc(N)cc1-c1cc(Cl)nc(Cl)c1.Cc1ccc(N)cc1-c1cc(Cl)nc(N2CCC(O)CC2)c1. The number of benzene rings is 4. The fourth-order valence-corrected chi connectivity index (χ4v) is 13.0. The molecule has 11 N–H and O–H groups in total. The van der Waals surface area contributed by atoms with E-state index in [0.29, 0.717) is 33.7 Å². The van der Waals surface area contributed by atoms with Crippen LogP contribution in [0, 0.1) is 27.7 Å². The number of rotatable bonds is 9. The van der Waals surface area contributed by atoms with Gasteiger partial charge in [0.2, 0.25) is 0 Å². The van der Waals surface area contributed by atoms with Crippen molar-refractivity contribution in [2.45, 2.75) is 110 Å². The molecule has 5 aliphatic heterocycles. The molecular weight excluding hydrogens is 1220 g/mol. The van der Waals surface area contributed by atoms with E-state index in [1.807, 2.05) is 73.7 Å². The molecule has 4 fully saturated rings. The average molecular weight is 1300 g/mol. The number of pyridine rings is 4. The number of nitrogen functional groups attached to an aromatic ring is 4. The molecule has 13 rings (SSSR count). The summed E-state index contributed by atoms with van der Waals surface area (Å²) >= 11 is 18.0. The van der Waals surface area contributed by atoms with Gasteiger partial charge in [0.15, 0.2) is 0 Å². The van der Waals surface area contributed by atoms with E-state index in [9.17, 15) is 15.3 Å². The van der Waals surface area contributed by atoms with Crippen LogP contribution in [-0.4, -0.2) is 119 Å². The Balaban J connectivity index is 0.000000137. The van der Waals surface area contributed by atoms with Gasteiger partial charge in [-0.05, 0) is 255 Å². The Bertz CT molecular complexity index is 3840. The van der Waals surface area contributed by atoms with Gasteiger partial charge in [0.05, 0.1) is 37.2 Å². The van der Waals surface area contributed by atoms with Gasteiger partial charge in [-0.3, -0.25) is 0 Å². The Morgan fingerprint density at radius 2 is 0.761 bits per heavy atom. The van der Waals surface area contributed by atoms with Gasteiger partial charge in [-0.1, -0.05) is 65.1 Å². The number of aliphatic hydroxyl groups is 3. The van der Waals surface area contributed by atoms with E-state index in [-0.39, 0.29) is 18.3 Å². The second-order valence-electron chi connectivity index (χ2n) is 24.7. The Morgan fingerprint density at radius 1 is 0.402 bits per heavy atom. The lowest BCUT2D eigenvalue weighted by Gasteiger charge is -2.32. The van der Waals surface area contributed by atoms with Crippen molar-refractivity contribution in [3.8, 4) is 44.5 Å². The van der Waals surface area contributed by atoms with Gasteiger partial charge < -0.3 is 62.4 Å². The largest absolute Gasteiger partial charge is 0.399 e. The quantitative estimate of drug-likeness (QED) is 0.0525. The molecular formula is C73H86Cl3N11O5. The highest BCUT2D eigenvalue weighted by Crippen LogP contribution is 2.38. The fourth-order valence-electron chi connectivity index (χ4n) is 12.3. The van der Waals surface area contributed by atoms with E-state index in [4.69, 9.17) is 77.2 Å². The molecule has 4 saturated heterocycles. The summed E-state index contributed by atoms with van der Waals surface area (Å²) in [5.74, 6) is 3.29. The minimum absolute atomic E-state index is 0.185. The highest BCUT2D eigenvalue weighted by atomic mass is 35.5. The van der Waals surface area contributed by atoms with Crippen LogP contribution in [0.3, 0.4) is 0 Å². The molecule has 0 bridgehead atoms. The number of hydrogen-bond donors (Lipinski definition) is 7. The summed E-state index contributed by atoms with van der Waals surface area (Å²) in [4.78, 5) is 25.1. The van der Waals surface area contributed by atoms with Crippen LogP contribution < -0.4 is 37.6 Å². The van der Waals surface area contributed by atoms with Crippen LogP contribution in [0.1, 0.15) is 97.3 Å². The number of piperidine rings is 3. The zero-order chi connectivity index (χ0) is 65.0. The smallest absolute Gasteiger partial charge is 0.132 e. The van der Waals surface area contributed by atoms with E-state index >= 15 is 0 Å². The topological polar surface area (TPSA) is 245 Å². The second-order valence-corrected chi connectivity index (χ2v) is 25.8. The van der Waals surface area contributed by atoms with Gasteiger partial charge in [-0.2, -0.15) is 0 Å². The lowest BCUT2D eigenvalue weighted by atomic mass is 9.92. The molecule has 9 heterocycles. The van der Waals surface area contributed by atoms with Crippen molar-refractivity contribution >= 4 is 80.6 Å². The number of aromatic nitrogens is 4. The maximum absolute atomic E-state index is 9.86. The molecule has 4 aromatic carbocycles. The van der Waals surface area contributed by atoms with Crippen molar-refractivity contribution in [3.63, 3.8) is 0 Å². The van der Waals surface area contributed by atoms with Crippen molar-refractivity contribution in [3.05, 3.63) is 177 Å². The first kappa shape index (κ1) is 67.4. The van der Waals surface area contributed by atoms with Crippen LogP contribution in [0.15, 0.2) is 127 Å². The van der Waals surface area contributed by atoms with Gasteiger partial charge >= 0.3 is 0 Å². The van der Waals surface area contributed by atoms with Gasteiger partial charge in [0.25, 0.3) is 0 Å². The molecule has 16 nitrogen and oxygen atoms in total. The highest BCUT2D eigenvalue weighted by molar-refractivity contribution is 6.33. The number of halogens is 3. The van der Waals surface area contributed by atoms with Gasteiger partial charge in [0, 0.05) is 86.8 Å². The van der Waals surface area contributed by atoms with E-state index in [1.54, 1.807) is 12.1 Å². The molecule has 0 radical (unpaired) electrons. The molecule has 0 unspecified atom stereocenters. The van der Waals surface area contributed by atoms with Crippen LogP contribution in [0.25, 0.3) is 50.1 Å². The molecule has 0 saturated carbocycles. The average Bonchev–Trinajstić information content (AvgIpc) is 0.862. The molecule has 8 aromatic rings. The summed E-state index contributed by atoms with van der Waals surface area (Å²) in [6.45, 7) is 16.2. The number of nitrogens with zero attached hydrogens (tertiary/aromatic N) is 7. The maximum Gasteiger partial charge on any atom is 0.132 e. The number of ether oxygens (including phenoxy) is 2. The number of anilines is 7. The highest BCUT2D eigenvalue weighted by Gasteiger charge is 2.25. The molecule has 484 valence electrons. The predicted octanol–water partition coefficient (Wildman–Crippen LogP) is 14.1. The zero-order valence-corrected chi connectivity index (χ0v) is 55.4. The molecule has 0 amide bonds. The van der Waals surface area contributed by atoms with Crippen molar-refractivity contribution in [2.75, 3.05) is 103 Å². The van der Waals surface area contributed by atoms with E-state index in [2.05, 4.69) is 94.0 Å². The van der Waals surface area contributed by atoms with E-state index in [1.165, 1.54) is 27.8 Å². The van der Waals surface area contributed by atoms with Crippen LogP contribution in [-0.2, 0) is 9.47 Å². The van der Waals surface area contributed by atoms with Crippen molar-refractivity contribution in [1.29, 1.82) is 0 Å². The number of aryl methyl sites for hydroxylation is 4. The standard InChI is InChI=1S/C22H29N3O2.C22H27N3O2.C17H20ClN3O.C12H10Cl2N2/c2*1-15-2-3-18(23)14-20(15)17-12-21(16-6-10-27-11-7-16)24-22(13-17)25-8-4-19(26)5-9-25;1-11-2-3-13(19)10-15(11)12-8-16(18)20-17(9-12)21-6-4-14(22)5-7-21;1-7-2-3-9(15)6-10(7)8-4-11(13)16-12(14)5-8/h2-3,12-14,16,19,26H,4-11,23H2,1H3;2-3,6,12-14,19,26H,4-5,7-11,23H2,1H3;2-3,8-10,14,22H,4-7,19H2,1H3;2-6H,15H2,1H3. The number of nitrogens with two attached hydrogens (primary N) is 4. The maximum atomic E-state index is 9.86. The van der Waals surface area contributed by atoms with Crippen molar-refractivity contribution < 1.29 is 24.8 Å². The summed E-state index contributed by atoms with van der Waals surface area (Å²) in [7, 11) is 0. The molecule has 19 heteroatoms. The van der Waals surface area contributed by atoms with Crippen molar-refractivity contribution in [2.24, 2.45) is 0 Å². The lowest BCUT2D eigenvalue weighted by Crippen LogP contribution is -2.36. The molecule has 4 aromatic heterocycles. The molecule has 5 aliphatic rings. The third-order valence-corrected chi connectivity index (χ3v) is 18.4. The summed E-state index contributed by atoms with van der Waals surface area (Å²) < 4.78 is 11.0. The van der Waals surface area contributed by atoms with Gasteiger partial charge in [-0.15, -0.1) is 0 Å².